The minimum atomic E-state index is 0.0833. The van der Waals surface area contributed by atoms with Crippen molar-refractivity contribution < 1.29 is 4.79 Å². The summed E-state index contributed by atoms with van der Waals surface area (Å²) < 4.78 is 0. The third kappa shape index (κ3) is 2.72. The van der Waals surface area contributed by atoms with Crippen LogP contribution < -0.4 is 5.32 Å². The topological polar surface area (TPSA) is 29.1 Å². The number of carbonyl (C=O) groups excluding carboxylic acids is 1. The molecule has 0 amide bonds. The summed E-state index contributed by atoms with van der Waals surface area (Å²) in [6.45, 7) is 2.00. The van der Waals surface area contributed by atoms with Gasteiger partial charge >= 0.3 is 0 Å². The Labute approximate surface area is 45.5 Å². The second kappa shape index (κ2) is 4.23. The predicted molar refractivity (Wildman–Crippen MR) is 33.2 cm³/mol. The van der Waals surface area contributed by atoms with Crippen molar-refractivity contribution in [1.82, 2.24) is 5.32 Å². The van der Waals surface area contributed by atoms with E-state index in [9.17, 15) is 4.79 Å². The van der Waals surface area contributed by atoms with Crippen LogP contribution in [0.4, 0.5) is 0 Å². The second-order valence-electron chi connectivity index (χ2n) is 1.19. The zero-order valence-corrected chi connectivity index (χ0v) is 5.56. The van der Waals surface area contributed by atoms with Gasteiger partial charge in [0, 0.05) is 0 Å². The van der Waals surface area contributed by atoms with E-state index in [0.29, 0.717) is 8.58 Å². The van der Waals surface area contributed by atoms with Crippen LogP contribution in [0.1, 0.15) is 0 Å². The molecule has 2 unspecified atom stereocenters. The Morgan fingerprint density at radius 3 is 2.43 bits per heavy atom. The summed E-state index contributed by atoms with van der Waals surface area (Å²) in [5.74, 6) is 0.0833. The number of carbonyl (C=O) groups is 1. The maximum atomic E-state index is 9.91. The number of likely N-dealkylation sites (N-methyl/N-ethyl adjacent to an activating group) is 1. The Kier molecular flexibility index (Phi) is 4.26. The molecule has 42 valence electrons. The van der Waals surface area contributed by atoms with Crippen molar-refractivity contribution >= 4 is 14.9 Å². The number of aldehydes is 1. The first kappa shape index (κ1) is 7.06. The summed E-state index contributed by atoms with van der Waals surface area (Å²) in [5, 5.41) is 2.85. The first-order valence-electron chi connectivity index (χ1n) is 2.15. The van der Waals surface area contributed by atoms with Crippen LogP contribution in [0.3, 0.4) is 0 Å². The largest absolute Gasteiger partial charge is 0.307 e. The summed E-state index contributed by atoms with van der Waals surface area (Å²) in [6.07, 6.45) is 0.929. The van der Waals surface area contributed by atoms with Gasteiger partial charge in [-0.3, -0.25) is 0 Å². The predicted octanol–water partition coefficient (Wildman–Crippen LogP) is 0.0391. The molecule has 0 aromatic carbocycles. The maximum absolute atomic E-state index is 9.91. The first-order valence-corrected chi connectivity index (χ1v) is 3.72. The van der Waals surface area contributed by atoms with E-state index >= 15 is 0 Å². The van der Waals surface area contributed by atoms with Gasteiger partial charge in [0.25, 0.3) is 0 Å². The molecule has 0 aliphatic heterocycles. The molecule has 0 rings (SSSR count). The molecule has 2 nitrogen and oxygen atoms in total. The summed E-state index contributed by atoms with van der Waals surface area (Å²) in [7, 11) is 2.46. The smallest absolute Gasteiger partial charge is 0.140 e. The van der Waals surface area contributed by atoms with Gasteiger partial charge < -0.3 is 10.1 Å². The van der Waals surface area contributed by atoms with Crippen LogP contribution in [-0.2, 0) is 4.79 Å². The van der Waals surface area contributed by atoms with Crippen LogP contribution in [0, 0.1) is 0 Å². The maximum Gasteiger partial charge on any atom is 0.140 e. The average molecular weight is 119 g/mol. The molecule has 0 saturated carbocycles. The zero-order valence-electron chi connectivity index (χ0n) is 4.56. The molecule has 3 heteroatoms. The van der Waals surface area contributed by atoms with Gasteiger partial charge in [0.05, 0.1) is 5.78 Å². The Hall–Kier alpha value is 0.0600. The molecule has 0 saturated heterocycles. The molecular formula is C4H10NOP. The van der Waals surface area contributed by atoms with Crippen molar-refractivity contribution in [2.24, 2.45) is 0 Å². The van der Waals surface area contributed by atoms with E-state index in [1.807, 2.05) is 6.66 Å². The monoisotopic (exact) mass is 119 g/mol. The molecule has 0 aromatic rings. The lowest BCUT2D eigenvalue weighted by Crippen LogP contribution is -2.20. The molecule has 0 heterocycles. The summed E-state index contributed by atoms with van der Waals surface area (Å²) in [4.78, 5) is 9.91. The summed E-state index contributed by atoms with van der Waals surface area (Å²) in [5.41, 5.74) is 0. The summed E-state index contributed by atoms with van der Waals surface area (Å²) in [6, 6.07) is 0. The van der Waals surface area contributed by atoms with E-state index in [-0.39, 0.29) is 5.78 Å². The van der Waals surface area contributed by atoms with Crippen LogP contribution in [0.25, 0.3) is 0 Å². The quantitative estimate of drug-likeness (QED) is 0.419. The Balaban J connectivity index is 3.16. The van der Waals surface area contributed by atoms with Crippen molar-refractivity contribution in [3.63, 3.8) is 0 Å². The van der Waals surface area contributed by atoms with E-state index in [2.05, 4.69) is 5.32 Å². The molecule has 0 fully saturated rings. The molecule has 7 heavy (non-hydrogen) atoms. The van der Waals surface area contributed by atoms with Crippen LogP contribution >= 0.6 is 8.58 Å². The van der Waals surface area contributed by atoms with Gasteiger partial charge in [-0.1, -0.05) is 8.58 Å². The summed E-state index contributed by atoms with van der Waals surface area (Å²) >= 11 is 0. The molecule has 1 N–H and O–H groups in total. The molecule has 0 aromatic heterocycles. The van der Waals surface area contributed by atoms with E-state index < -0.39 is 0 Å². The number of hydrogen-bond acceptors (Lipinski definition) is 2. The van der Waals surface area contributed by atoms with Gasteiger partial charge in [0.2, 0.25) is 0 Å². The Morgan fingerprint density at radius 2 is 2.43 bits per heavy atom. The van der Waals surface area contributed by atoms with Crippen molar-refractivity contribution in [3.8, 4) is 0 Å². The molecule has 0 bridgehead atoms. The van der Waals surface area contributed by atoms with Crippen molar-refractivity contribution in [2.75, 3.05) is 13.7 Å². The minimum Gasteiger partial charge on any atom is -0.307 e. The molecule has 0 aliphatic rings. The molecular weight excluding hydrogens is 109 g/mol. The number of hydrogen-bond donors (Lipinski definition) is 1. The number of nitrogens with one attached hydrogen (secondary N) is 1. The lowest BCUT2D eigenvalue weighted by atomic mass is 10.7. The lowest BCUT2D eigenvalue weighted by molar-refractivity contribution is -0.107. The molecule has 0 radical (unpaired) electrons. The van der Waals surface area contributed by atoms with E-state index in [0.717, 1.165) is 6.29 Å². The lowest BCUT2D eigenvalue weighted by Gasteiger charge is -2.01. The minimum absolute atomic E-state index is 0.0833. The SMILES string of the molecule is CNC(C=O)PC. The molecule has 0 spiro atoms. The van der Waals surface area contributed by atoms with Gasteiger partial charge in [-0.25, -0.2) is 0 Å². The Bertz CT molecular complexity index is 53.7. The van der Waals surface area contributed by atoms with Crippen molar-refractivity contribution in [1.29, 1.82) is 0 Å². The zero-order chi connectivity index (χ0) is 5.70. The van der Waals surface area contributed by atoms with Crippen molar-refractivity contribution in [2.45, 2.75) is 5.78 Å². The highest BCUT2D eigenvalue weighted by Crippen LogP contribution is 2.05. The highest BCUT2D eigenvalue weighted by atomic mass is 31.1. The van der Waals surface area contributed by atoms with Gasteiger partial charge in [-0.05, 0) is 13.7 Å². The first-order chi connectivity index (χ1) is 3.35. The third-order valence-corrected chi connectivity index (χ3v) is 1.80. The van der Waals surface area contributed by atoms with E-state index in [1.165, 1.54) is 0 Å². The van der Waals surface area contributed by atoms with Crippen molar-refractivity contribution in [3.05, 3.63) is 0 Å². The highest BCUT2D eigenvalue weighted by Gasteiger charge is 1.94. The fourth-order valence-corrected chi connectivity index (χ4v) is 0.705. The van der Waals surface area contributed by atoms with Crippen LogP contribution in [0.2, 0.25) is 0 Å². The van der Waals surface area contributed by atoms with E-state index in [4.69, 9.17) is 0 Å². The van der Waals surface area contributed by atoms with Gasteiger partial charge in [0.1, 0.15) is 6.29 Å². The highest BCUT2D eigenvalue weighted by molar-refractivity contribution is 7.39. The van der Waals surface area contributed by atoms with Crippen LogP contribution in [0.15, 0.2) is 0 Å². The Morgan fingerprint density at radius 1 is 1.86 bits per heavy atom. The fourth-order valence-electron chi connectivity index (χ4n) is 0.280. The van der Waals surface area contributed by atoms with Gasteiger partial charge in [-0.2, -0.15) is 0 Å². The fraction of sp³-hybridized carbons (Fsp3) is 0.750. The normalized spacial score (nSPS) is 15.1. The standard InChI is InChI=1S/C4H10NOP/c1-5-4(3-6)7-2/h3-5,7H,1-2H3. The average Bonchev–Trinajstić information content (AvgIpc) is 1.72. The third-order valence-electron chi connectivity index (χ3n) is 0.758. The van der Waals surface area contributed by atoms with Gasteiger partial charge in [0.15, 0.2) is 0 Å². The van der Waals surface area contributed by atoms with E-state index in [1.54, 1.807) is 7.05 Å². The van der Waals surface area contributed by atoms with Crippen LogP contribution in [0.5, 0.6) is 0 Å². The molecule has 0 aliphatic carbocycles. The second-order valence-corrected chi connectivity index (χ2v) is 2.39. The van der Waals surface area contributed by atoms with Gasteiger partial charge in [-0.15, -0.1) is 0 Å². The number of rotatable bonds is 3. The van der Waals surface area contributed by atoms with Crippen LogP contribution in [-0.4, -0.2) is 25.8 Å². The molecule has 2 atom stereocenters.